The van der Waals surface area contributed by atoms with Crippen molar-refractivity contribution in [3.8, 4) is 0 Å². The molecular formula is C22H31N7O2. The van der Waals surface area contributed by atoms with Crippen LogP contribution in [0, 0.1) is 5.92 Å². The van der Waals surface area contributed by atoms with Crippen molar-refractivity contribution in [1.82, 2.24) is 29.5 Å². The van der Waals surface area contributed by atoms with Crippen molar-refractivity contribution in [3.63, 3.8) is 0 Å². The second-order valence-electron chi connectivity index (χ2n) is 9.16. The van der Waals surface area contributed by atoms with Crippen molar-refractivity contribution in [3.05, 3.63) is 36.7 Å². The monoisotopic (exact) mass is 425 g/mol. The highest BCUT2D eigenvalue weighted by Crippen LogP contribution is 2.35. The Morgan fingerprint density at radius 1 is 1.19 bits per heavy atom. The summed E-state index contributed by atoms with van der Waals surface area (Å²) in [4.78, 5) is 40.1. The SMILES string of the molecule is CC(C)CN1CC(=O)N(c2cnn(C)c2)CC12CCN(C(=O)CCc1cncnc1)C2. The molecule has 0 saturated carbocycles. The minimum atomic E-state index is -0.223. The van der Waals surface area contributed by atoms with Crippen molar-refractivity contribution >= 4 is 17.5 Å². The van der Waals surface area contributed by atoms with E-state index in [0.29, 0.717) is 44.9 Å². The molecule has 4 rings (SSSR count). The molecule has 0 aromatic carbocycles. The number of rotatable bonds is 6. The fourth-order valence-electron chi connectivity index (χ4n) is 4.71. The molecule has 2 saturated heterocycles. The first kappa shape index (κ1) is 21.4. The van der Waals surface area contributed by atoms with Gasteiger partial charge in [0.25, 0.3) is 0 Å². The van der Waals surface area contributed by atoms with Crippen LogP contribution in [0.5, 0.6) is 0 Å². The van der Waals surface area contributed by atoms with Crippen LogP contribution in [0.2, 0.25) is 0 Å². The van der Waals surface area contributed by atoms with E-state index >= 15 is 0 Å². The molecule has 1 unspecified atom stereocenters. The van der Waals surface area contributed by atoms with E-state index in [1.54, 1.807) is 23.3 Å². The van der Waals surface area contributed by atoms with Crippen LogP contribution >= 0.6 is 0 Å². The Labute approximate surface area is 183 Å². The summed E-state index contributed by atoms with van der Waals surface area (Å²) >= 11 is 0. The third-order valence-electron chi connectivity index (χ3n) is 6.27. The molecule has 166 valence electrons. The summed E-state index contributed by atoms with van der Waals surface area (Å²) in [5, 5.41) is 4.24. The van der Waals surface area contributed by atoms with Crippen LogP contribution in [0.15, 0.2) is 31.1 Å². The third-order valence-corrected chi connectivity index (χ3v) is 6.27. The molecule has 9 nitrogen and oxygen atoms in total. The first-order valence-electron chi connectivity index (χ1n) is 10.9. The Balaban J connectivity index is 1.49. The van der Waals surface area contributed by atoms with E-state index in [-0.39, 0.29) is 17.4 Å². The second kappa shape index (κ2) is 8.74. The van der Waals surface area contributed by atoms with Gasteiger partial charge in [-0.25, -0.2) is 9.97 Å². The molecule has 2 fully saturated rings. The molecule has 1 atom stereocenters. The normalized spacial score (nSPS) is 22.1. The van der Waals surface area contributed by atoms with Gasteiger partial charge in [-0.2, -0.15) is 5.10 Å². The number of aromatic nitrogens is 4. The van der Waals surface area contributed by atoms with Crippen LogP contribution in [-0.4, -0.2) is 79.6 Å². The maximum atomic E-state index is 13.0. The van der Waals surface area contributed by atoms with E-state index in [1.165, 1.54) is 6.33 Å². The fourth-order valence-corrected chi connectivity index (χ4v) is 4.71. The fraction of sp³-hybridized carbons (Fsp3) is 0.591. The van der Waals surface area contributed by atoms with Gasteiger partial charge in [-0.05, 0) is 24.3 Å². The van der Waals surface area contributed by atoms with Crippen LogP contribution < -0.4 is 4.90 Å². The maximum Gasteiger partial charge on any atom is 0.241 e. The van der Waals surface area contributed by atoms with Gasteiger partial charge in [-0.1, -0.05) is 13.8 Å². The lowest BCUT2D eigenvalue weighted by Crippen LogP contribution is -2.66. The van der Waals surface area contributed by atoms with Crippen molar-refractivity contribution in [1.29, 1.82) is 0 Å². The predicted molar refractivity (Wildman–Crippen MR) is 116 cm³/mol. The number of carbonyl (C=O) groups excluding carboxylic acids is 2. The van der Waals surface area contributed by atoms with Gasteiger partial charge in [0.15, 0.2) is 0 Å². The number of hydrogen-bond acceptors (Lipinski definition) is 6. The van der Waals surface area contributed by atoms with E-state index in [9.17, 15) is 9.59 Å². The lowest BCUT2D eigenvalue weighted by molar-refractivity contribution is -0.131. The molecule has 2 amide bonds. The van der Waals surface area contributed by atoms with Crippen LogP contribution in [-0.2, 0) is 23.1 Å². The first-order chi connectivity index (χ1) is 14.9. The van der Waals surface area contributed by atoms with E-state index < -0.39 is 0 Å². The Kier molecular flexibility index (Phi) is 6.04. The Bertz CT molecular complexity index is 929. The zero-order valence-electron chi connectivity index (χ0n) is 18.6. The van der Waals surface area contributed by atoms with Gasteiger partial charge in [0, 0.05) is 58.2 Å². The molecule has 0 radical (unpaired) electrons. The smallest absolute Gasteiger partial charge is 0.241 e. The van der Waals surface area contributed by atoms with Gasteiger partial charge < -0.3 is 9.80 Å². The molecule has 2 aromatic heterocycles. The summed E-state index contributed by atoms with van der Waals surface area (Å²) in [6, 6.07) is 0. The van der Waals surface area contributed by atoms with Crippen LogP contribution in [0.1, 0.15) is 32.3 Å². The second-order valence-corrected chi connectivity index (χ2v) is 9.16. The van der Waals surface area contributed by atoms with E-state index in [2.05, 4.69) is 33.8 Å². The summed E-state index contributed by atoms with van der Waals surface area (Å²) in [5.41, 5.74) is 1.57. The molecule has 2 aliphatic rings. The van der Waals surface area contributed by atoms with Crippen molar-refractivity contribution in [2.75, 3.05) is 37.6 Å². The average molecular weight is 426 g/mol. The van der Waals surface area contributed by atoms with Crippen LogP contribution in [0.25, 0.3) is 0 Å². The van der Waals surface area contributed by atoms with E-state index in [1.807, 2.05) is 23.0 Å². The highest BCUT2D eigenvalue weighted by atomic mass is 16.2. The number of piperazine rings is 1. The molecule has 4 heterocycles. The Morgan fingerprint density at radius 2 is 1.97 bits per heavy atom. The van der Waals surface area contributed by atoms with Gasteiger partial charge >= 0.3 is 0 Å². The number of likely N-dealkylation sites (tertiary alicyclic amines) is 1. The summed E-state index contributed by atoms with van der Waals surface area (Å²) in [7, 11) is 1.85. The molecule has 31 heavy (non-hydrogen) atoms. The molecule has 9 heteroatoms. The zero-order valence-corrected chi connectivity index (χ0v) is 18.6. The predicted octanol–water partition coefficient (Wildman–Crippen LogP) is 1.12. The standard InChI is InChI=1S/C22H31N7O2/c1-17(2)11-28-13-21(31)29(19-10-25-26(3)12-19)15-22(28)6-7-27(14-22)20(30)5-4-18-8-23-16-24-9-18/h8-10,12,16-17H,4-7,11,13-15H2,1-3H3. The van der Waals surface area contributed by atoms with Crippen molar-refractivity contribution in [2.45, 2.75) is 38.6 Å². The highest BCUT2D eigenvalue weighted by Gasteiger charge is 2.50. The average Bonchev–Trinajstić information content (AvgIpc) is 3.36. The van der Waals surface area contributed by atoms with Gasteiger partial charge in [-0.15, -0.1) is 0 Å². The summed E-state index contributed by atoms with van der Waals surface area (Å²) in [6.07, 6.45) is 10.6. The number of nitrogens with zero attached hydrogens (tertiary/aromatic N) is 7. The molecule has 1 spiro atoms. The quantitative estimate of drug-likeness (QED) is 0.689. The van der Waals surface area contributed by atoms with Gasteiger partial charge in [-0.3, -0.25) is 19.2 Å². The number of amides is 2. The van der Waals surface area contributed by atoms with E-state index in [4.69, 9.17) is 0 Å². The Morgan fingerprint density at radius 3 is 2.65 bits per heavy atom. The van der Waals surface area contributed by atoms with Crippen molar-refractivity contribution < 1.29 is 9.59 Å². The van der Waals surface area contributed by atoms with E-state index in [0.717, 1.165) is 24.2 Å². The molecule has 0 aliphatic carbocycles. The minimum absolute atomic E-state index is 0.0909. The Hall–Kier alpha value is -2.81. The molecule has 2 aromatic rings. The molecule has 0 bridgehead atoms. The first-order valence-corrected chi connectivity index (χ1v) is 10.9. The van der Waals surface area contributed by atoms with Crippen molar-refractivity contribution in [2.24, 2.45) is 13.0 Å². The lowest BCUT2D eigenvalue weighted by atomic mass is 9.91. The van der Waals surface area contributed by atoms with Crippen LogP contribution in [0.3, 0.4) is 0 Å². The summed E-state index contributed by atoms with van der Waals surface area (Å²) in [5.74, 6) is 0.681. The maximum absolute atomic E-state index is 13.0. The minimum Gasteiger partial charge on any atom is -0.341 e. The summed E-state index contributed by atoms with van der Waals surface area (Å²) in [6.45, 7) is 7.51. The molecular weight excluding hydrogens is 394 g/mol. The van der Waals surface area contributed by atoms with Gasteiger partial charge in [0.1, 0.15) is 6.33 Å². The van der Waals surface area contributed by atoms with Crippen LogP contribution in [0.4, 0.5) is 5.69 Å². The highest BCUT2D eigenvalue weighted by molar-refractivity contribution is 5.95. The topological polar surface area (TPSA) is 87.5 Å². The number of aryl methyl sites for hydroxylation is 2. The lowest BCUT2D eigenvalue weighted by Gasteiger charge is -2.48. The largest absolute Gasteiger partial charge is 0.341 e. The summed E-state index contributed by atoms with van der Waals surface area (Å²) < 4.78 is 1.72. The number of anilines is 1. The zero-order chi connectivity index (χ0) is 22.0. The van der Waals surface area contributed by atoms with Gasteiger partial charge in [0.2, 0.25) is 11.8 Å². The number of carbonyl (C=O) groups is 2. The number of hydrogen-bond donors (Lipinski definition) is 0. The third kappa shape index (κ3) is 4.61. The molecule has 2 aliphatic heterocycles. The van der Waals surface area contributed by atoms with Gasteiger partial charge in [0.05, 0.1) is 24.0 Å². The molecule has 0 N–H and O–H groups in total.